The van der Waals surface area contributed by atoms with E-state index in [9.17, 15) is 4.79 Å². The summed E-state index contributed by atoms with van der Waals surface area (Å²) < 4.78 is 6.41. The SMILES string of the molecule is CCOC(=O)c1cc(C)nn1-c1ccncn1. The third-order valence-electron chi connectivity index (χ3n) is 2.10. The van der Waals surface area contributed by atoms with Crippen molar-refractivity contribution >= 4 is 5.97 Å². The largest absolute Gasteiger partial charge is 0.461 e. The van der Waals surface area contributed by atoms with Crippen LogP contribution in [0.15, 0.2) is 24.7 Å². The molecule has 2 rings (SSSR count). The van der Waals surface area contributed by atoms with E-state index in [0.29, 0.717) is 18.1 Å². The van der Waals surface area contributed by atoms with Crippen molar-refractivity contribution in [2.75, 3.05) is 6.61 Å². The lowest BCUT2D eigenvalue weighted by atomic mass is 10.3. The van der Waals surface area contributed by atoms with Crippen LogP contribution in [-0.2, 0) is 4.74 Å². The standard InChI is InChI=1S/C11H12N4O2/c1-3-17-11(16)9-6-8(2)14-15(9)10-4-5-12-7-13-10/h4-7H,3H2,1-2H3. The Bertz CT molecular complexity index is 522. The zero-order valence-electron chi connectivity index (χ0n) is 9.62. The summed E-state index contributed by atoms with van der Waals surface area (Å²) in [6.45, 7) is 3.89. The third-order valence-corrected chi connectivity index (χ3v) is 2.10. The fraction of sp³-hybridized carbons (Fsp3) is 0.273. The first kappa shape index (κ1) is 11.3. The van der Waals surface area contributed by atoms with Crippen LogP contribution in [0.1, 0.15) is 23.1 Å². The van der Waals surface area contributed by atoms with Crippen LogP contribution in [0.5, 0.6) is 0 Å². The van der Waals surface area contributed by atoms with Crippen molar-refractivity contribution < 1.29 is 9.53 Å². The molecule has 0 bridgehead atoms. The van der Waals surface area contributed by atoms with Crippen molar-refractivity contribution in [1.29, 1.82) is 0 Å². The maximum absolute atomic E-state index is 11.7. The number of ether oxygens (including phenoxy) is 1. The number of hydrogen-bond donors (Lipinski definition) is 0. The smallest absolute Gasteiger partial charge is 0.357 e. The lowest BCUT2D eigenvalue weighted by molar-refractivity contribution is 0.0515. The monoisotopic (exact) mass is 232 g/mol. The van der Waals surface area contributed by atoms with Gasteiger partial charge >= 0.3 is 5.97 Å². The van der Waals surface area contributed by atoms with Gasteiger partial charge in [0.15, 0.2) is 11.5 Å². The summed E-state index contributed by atoms with van der Waals surface area (Å²) >= 11 is 0. The number of nitrogens with zero attached hydrogens (tertiary/aromatic N) is 4. The van der Waals surface area contributed by atoms with E-state index in [1.165, 1.54) is 11.0 Å². The third kappa shape index (κ3) is 2.30. The fourth-order valence-electron chi connectivity index (χ4n) is 1.43. The number of esters is 1. The van der Waals surface area contributed by atoms with Gasteiger partial charge in [-0.1, -0.05) is 0 Å². The lowest BCUT2D eigenvalue weighted by Gasteiger charge is -2.04. The van der Waals surface area contributed by atoms with Gasteiger partial charge in [0.25, 0.3) is 0 Å². The number of hydrogen-bond acceptors (Lipinski definition) is 5. The molecule has 0 amide bonds. The Morgan fingerprint density at radius 1 is 1.53 bits per heavy atom. The van der Waals surface area contributed by atoms with Crippen molar-refractivity contribution in [2.24, 2.45) is 0 Å². The van der Waals surface area contributed by atoms with E-state index < -0.39 is 5.97 Å². The normalized spacial score (nSPS) is 10.2. The number of aromatic nitrogens is 4. The summed E-state index contributed by atoms with van der Waals surface area (Å²) in [4.78, 5) is 19.6. The van der Waals surface area contributed by atoms with Gasteiger partial charge in [-0.3, -0.25) is 0 Å². The zero-order valence-corrected chi connectivity index (χ0v) is 9.62. The van der Waals surface area contributed by atoms with Crippen LogP contribution in [0.3, 0.4) is 0 Å². The van der Waals surface area contributed by atoms with Crippen LogP contribution in [-0.4, -0.2) is 32.3 Å². The predicted octanol–water partition coefficient (Wildman–Crippen LogP) is 1.15. The molecule has 0 aliphatic rings. The highest BCUT2D eigenvalue weighted by molar-refractivity contribution is 5.88. The van der Waals surface area contributed by atoms with Crippen molar-refractivity contribution in [3.8, 4) is 5.82 Å². The molecule has 17 heavy (non-hydrogen) atoms. The minimum Gasteiger partial charge on any atom is -0.461 e. The molecule has 2 heterocycles. The number of rotatable bonds is 3. The molecule has 2 aromatic heterocycles. The number of aryl methyl sites for hydroxylation is 1. The van der Waals surface area contributed by atoms with Gasteiger partial charge in [0.05, 0.1) is 12.3 Å². The lowest BCUT2D eigenvalue weighted by Crippen LogP contribution is -2.12. The summed E-state index contributed by atoms with van der Waals surface area (Å²) in [5.41, 5.74) is 1.09. The molecule has 0 atom stereocenters. The zero-order chi connectivity index (χ0) is 12.3. The average Bonchev–Trinajstić information content (AvgIpc) is 2.73. The first-order valence-corrected chi connectivity index (χ1v) is 5.22. The Morgan fingerprint density at radius 2 is 2.35 bits per heavy atom. The average molecular weight is 232 g/mol. The van der Waals surface area contributed by atoms with Gasteiger partial charge in [-0.2, -0.15) is 5.10 Å². The van der Waals surface area contributed by atoms with E-state index in [1.807, 2.05) is 0 Å². The maximum atomic E-state index is 11.7. The van der Waals surface area contributed by atoms with Crippen LogP contribution in [0.25, 0.3) is 5.82 Å². The van der Waals surface area contributed by atoms with Crippen molar-refractivity contribution in [1.82, 2.24) is 19.7 Å². The highest BCUT2D eigenvalue weighted by atomic mass is 16.5. The van der Waals surface area contributed by atoms with E-state index in [-0.39, 0.29) is 0 Å². The van der Waals surface area contributed by atoms with Gasteiger partial charge in [0, 0.05) is 12.3 Å². The van der Waals surface area contributed by atoms with Gasteiger partial charge in [0.1, 0.15) is 6.33 Å². The molecule has 88 valence electrons. The molecule has 0 saturated carbocycles. The van der Waals surface area contributed by atoms with Gasteiger partial charge in [-0.05, 0) is 19.9 Å². The van der Waals surface area contributed by atoms with Crippen LogP contribution in [0, 0.1) is 6.92 Å². The summed E-state index contributed by atoms with van der Waals surface area (Å²) in [5.74, 6) is 0.128. The number of carbonyl (C=O) groups excluding carboxylic acids is 1. The second kappa shape index (κ2) is 4.73. The van der Waals surface area contributed by atoms with E-state index in [1.54, 1.807) is 32.2 Å². The molecule has 0 saturated heterocycles. The maximum Gasteiger partial charge on any atom is 0.357 e. The van der Waals surface area contributed by atoms with Crippen molar-refractivity contribution in [3.63, 3.8) is 0 Å². The molecule has 6 heteroatoms. The molecular weight excluding hydrogens is 220 g/mol. The van der Waals surface area contributed by atoms with Crippen molar-refractivity contribution in [3.05, 3.63) is 36.0 Å². The molecule has 0 N–H and O–H groups in total. The van der Waals surface area contributed by atoms with E-state index in [0.717, 1.165) is 5.69 Å². The Morgan fingerprint density at radius 3 is 3.00 bits per heavy atom. The molecule has 0 unspecified atom stereocenters. The molecule has 0 aliphatic heterocycles. The van der Waals surface area contributed by atoms with Gasteiger partial charge in [-0.25, -0.2) is 19.4 Å². The topological polar surface area (TPSA) is 69.9 Å². The molecule has 6 nitrogen and oxygen atoms in total. The minimum atomic E-state index is -0.410. The highest BCUT2D eigenvalue weighted by Crippen LogP contribution is 2.10. The fourth-order valence-corrected chi connectivity index (χ4v) is 1.43. The molecular formula is C11H12N4O2. The highest BCUT2D eigenvalue weighted by Gasteiger charge is 2.16. The Labute approximate surface area is 98.3 Å². The van der Waals surface area contributed by atoms with Crippen LogP contribution in [0.2, 0.25) is 0 Å². The molecule has 0 spiro atoms. The van der Waals surface area contributed by atoms with Crippen LogP contribution >= 0.6 is 0 Å². The van der Waals surface area contributed by atoms with Crippen LogP contribution < -0.4 is 0 Å². The van der Waals surface area contributed by atoms with E-state index >= 15 is 0 Å². The first-order chi connectivity index (χ1) is 8.22. The Hall–Kier alpha value is -2.24. The van der Waals surface area contributed by atoms with Crippen molar-refractivity contribution in [2.45, 2.75) is 13.8 Å². The Kier molecular flexibility index (Phi) is 3.13. The summed E-state index contributed by atoms with van der Waals surface area (Å²) in [6, 6.07) is 3.34. The summed E-state index contributed by atoms with van der Waals surface area (Å²) in [5, 5.41) is 4.21. The number of carbonyl (C=O) groups is 1. The molecule has 2 aromatic rings. The van der Waals surface area contributed by atoms with E-state index in [4.69, 9.17) is 4.74 Å². The second-order valence-corrected chi connectivity index (χ2v) is 3.37. The molecule has 0 radical (unpaired) electrons. The molecule has 0 aliphatic carbocycles. The quantitative estimate of drug-likeness (QED) is 0.742. The summed E-state index contributed by atoms with van der Waals surface area (Å²) in [6.07, 6.45) is 3.00. The summed E-state index contributed by atoms with van der Waals surface area (Å²) in [7, 11) is 0. The Balaban J connectivity index is 2.44. The first-order valence-electron chi connectivity index (χ1n) is 5.22. The predicted molar refractivity (Wildman–Crippen MR) is 59.8 cm³/mol. The van der Waals surface area contributed by atoms with Gasteiger partial charge < -0.3 is 4.74 Å². The molecule has 0 fully saturated rings. The van der Waals surface area contributed by atoms with E-state index in [2.05, 4.69) is 15.1 Å². The minimum absolute atomic E-state index is 0.326. The molecule has 0 aromatic carbocycles. The second-order valence-electron chi connectivity index (χ2n) is 3.37. The van der Waals surface area contributed by atoms with Crippen LogP contribution in [0.4, 0.5) is 0 Å². The van der Waals surface area contributed by atoms with Gasteiger partial charge in [-0.15, -0.1) is 0 Å². The van der Waals surface area contributed by atoms with Gasteiger partial charge in [0.2, 0.25) is 0 Å².